The number of alkyl halides is 2. The van der Waals surface area contributed by atoms with Gasteiger partial charge in [0.05, 0.1) is 33.6 Å². The Morgan fingerprint density at radius 2 is 1.92 bits per heavy atom. The predicted molar refractivity (Wildman–Crippen MR) is 180 cm³/mol. The zero-order chi connectivity index (χ0) is 34.4. The minimum Gasteiger partial charge on any atom is -0.434 e. The summed E-state index contributed by atoms with van der Waals surface area (Å²) in [5, 5.41) is 3.14. The van der Waals surface area contributed by atoms with Crippen LogP contribution in [-0.2, 0) is 16.6 Å². The third kappa shape index (κ3) is 5.98. The molecule has 0 radical (unpaired) electrons. The van der Waals surface area contributed by atoms with Gasteiger partial charge in [0.15, 0.2) is 0 Å². The maximum atomic E-state index is 14.7. The number of aryl methyl sites for hydroxylation is 2. The fourth-order valence-corrected chi connectivity index (χ4v) is 8.77. The molecule has 254 valence electrons. The lowest BCUT2D eigenvalue weighted by Gasteiger charge is -2.34. The molecule has 1 saturated heterocycles. The molecule has 14 heteroatoms. The highest BCUT2D eigenvalue weighted by molar-refractivity contribution is 7.91. The molecule has 0 bridgehead atoms. The summed E-state index contributed by atoms with van der Waals surface area (Å²) in [5.74, 6) is -0.950. The molecule has 11 nitrogen and oxygen atoms in total. The normalized spacial score (nSPS) is 16.3. The largest absolute Gasteiger partial charge is 0.434 e. The SMILES string of the molecule is C=CCC1(S(=O)(=O)n2c(-c3cccnc3)c(C)c3c(C(=O)NCc4c(OC(F)F)cc(C)[nH]c4=O)cc(N4CCN(C)CC4)cc32)CC1. The van der Waals surface area contributed by atoms with E-state index in [9.17, 15) is 26.8 Å². The lowest BCUT2D eigenvalue weighted by Crippen LogP contribution is -2.44. The van der Waals surface area contributed by atoms with E-state index in [1.165, 1.54) is 17.0 Å². The lowest BCUT2D eigenvalue weighted by atomic mass is 10.0. The van der Waals surface area contributed by atoms with Gasteiger partial charge in [-0.25, -0.2) is 12.4 Å². The second-order valence-electron chi connectivity index (χ2n) is 12.5. The van der Waals surface area contributed by atoms with Gasteiger partial charge >= 0.3 is 6.61 Å². The van der Waals surface area contributed by atoms with Gasteiger partial charge in [-0.1, -0.05) is 6.08 Å². The summed E-state index contributed by atoms with van der Waals surface area (Å²) in [6, 6.07) is 8.33. The summed E-state index contributed by atoms with van der Waals surface area (Å²) in [5.41, 5.74) is 2.19. The number of rotatable bonds is 11. The van der Waals surface area contributed by atoms with E-state index in [0.717, 1.165) is 13.1 Å². The summed E-state index contributed by atoms with van der Waals surface area (Å²) in [6.07, 6.45) is 6.05. The first-order valence-electron chi connectivity index (χ1n) is 15.7. The maximum Gasteiger partial charge on any atom is 0.387 e. The minimum absolute atomic E-state index is 0.172. The van der Waals surface area contributed by atoms with Crippen LogP contribution >= 0.6 is 0 Å². The highest BCUT2D eigenvalue weighted by atomic mass is 32.2. The van der Waals surface area contributed by atoms with Crippen LogP contribution in [0.1, 0.15) is 46.4 Å². The summed E-state index contributed by atoms with van der Waals surface area (Å²) in [4.78, 5) is 38.1. The Hall–Kier alpha value is -4.56. The molecule has 4 aromatic rings. The molecule has 4 heterocycles. The number of hydrogen-bond acceptors (Lipinski definition) is 8. The quantitative estimate of drug-likeness (QED) is 0.221. The van der Waals surface area contributed by atoms with E-state index in [1.54, 1.807) is 43.6 Å². The number of carbonyl (C=O) groups is 1. The van der Waals surface area contributed by atoms with Crippen molar-refractivity contribution in [3.05, 3.63) is 88.1 Å². The predicted octanol–water partition coefficient (Wildman–Crippen LogP) is 4.58. The van der Waals surface area contributed by atoms with Crippen molar-refractivity contribution in [1.29, 1.82) is 0 Å². The topological polar surface area (TPSA) is 130 Å². The van der Waals surface area contributed by atoms with Crippen molar-refractivity contribution >= 4 is 32.5 Å². The highest BCUT2D eigenvalue weighted by Gasteiger charge is 2.55. The van der Waals surface area contributed by atoms with Crippen molar-refractivity contribution in [3.63, 3.8) is 0 Å². The minimum atomic E-state index is -4.03. The third-order valence-corrected chi connectivity index (χ3v) is 11.8. The van der Waals surface area contributed by atoms with Crippen LogP contribution in [0.4, 0.5) is 14.5 Å². The number of anilines is 1. The number of carbonyl (C=O) groups excluding carboxylic acids is 1. The number of amides is 1. The van der Waals surface area contributed by atoms with Gasteiger partial charge in [0.2, 0.25) is 10.0 Å². The molecular formula is C34H38F2N6O5S. The molecule has 1 saturated carbocycles. The Labute approximate surface area is 277 Å². The molecule has 2 fully saturated rings. The zero-order valence-electron chi connectivity index (χ0n) is 27.1. The van der Waals surface area contributed by atoms with Crippen molar-refractivity contribution < 1.29 is 26.7 Å². The van der Waals surface area contributed by atoms with Crippen molar-refractivity contribution in [2.24, 2.45) is 0 Å². The van der Waals surface area contributed by atoms with Gasteiger partial charge in [0.25, 0.3) is 11.5 Å². The number of nitrogens with zero attached hydrogens (tertiary/aromatic N) is 4. The number of H-pyrrole nitrogens is 1. The smallest absolute Gasteiger partial charge is 0.387 e. The maximum absolute atomic E-state index is 14.7. The molecule has 6 rings (SSSR count). The number of nitrogens with one attached hydrogen (secondary N) is 2. The van der Waals surface area contributed by atoms with Crippen molar-refractivity contribution in [2.45, 2.75) is 51.0 Å². The first-order chi connectivity index (χ1) is 22.9. The average Bonchev–Trinajstić information content (AvgIpc) is 3.78. The van der Waals surface area contributed by atoms with E-state index in [0.29, 0.717) is 65.0 Å². The van der Waals surface area contributed by atoms with Gasteiger partial charge in [-0.15, -0.1) is 6.58 Å². The van der Waals surface area contributed by atoms with E-state index in [1.807, 2.05) is 13.1 Å². The third-order valence-electron chi connectivity index (χ3n) is 9.29. The Kier molecular flexibility index (Phi) is 8.90. The van der Waals surface area contributed by atoms with Gasteiger partial charge in [-0.05, 0) is 70.0 Å². The number of aromatic amines is 1. The van der Waals surface area contributed by atoms with Crippen LogP contribution in [0, 0.1) is 13.8 Å². The fraction of sp³-hybridized carbons (Fsp3) is 0.382. The molecule has 1 aromatic carbocycles. The van der Waals surface area contributed by atoms with Crippen molar-refractivity contribution in [3.8, 4) is 17.0 Å². The Morgan fingerprint density at radius 3 is 2.54 bits per heavy atom. The molecule has 0 unspecified atom stereocenters. The number of fused-ring (bicyclic) bond motifs is 1. The van der Waals surface area contributed by atoms with Crippen LogP contribution in [0.2, 0.25) is 0 Å². The van der Waals surface area contributed by atoms with E-state index in [4.69, 9.17) is 0 Å². The molecule has 1 aliphatic heterocycles. The number of halogens is 2. The zero-order valence-corrected chi connectivity index (χ0v) is 27.9. The van der Waals surface area contributed by atoms with Crippen LogP contribution in [0.15, 0.2) is 60.2 Å². The van der Waals surface area contributed by atoms with Crippen LogP contribution in [0.25, 0.3) is 22.2 Å². The number of pyridine rings is 2. The Balaban J connectivity index is 1.55. The molecular weight excluding hydrogens is 642 g/mol. The number of benzene rings is 1. The molecule has 2 N–H and O–H groups in total. The average molecular weight is 681 g/mol. The standard InChI is InChI=1S/C34H38F2N6O5S/c1-5-8-34(9-10-34)48(45,46)42-27-18-24(41-14-12-40(4)13-15-41)17-25(29(27)22(3)30(42)23-7-6-11-37-19-23)31(43)38-20-26-28(47-33(35)36)16-21(2)39-32(26)44/h5-7,11,16-19,33H,1,8-10,12-15,20H2,2-4H3,(H,38,43)(H,39,44). The number of aromatic nitrogens is 3. The first-order valence-corrected chi connectivity index (χ1v) is 17.2. The van der Waals surface area contributed by atoms with Crippen LogP contribution in [0.5, 0.6) is 5.75 Å². The van der Waals surface area contributed by atoms with Gasteiger partial charge in [0, 0.05) is 67.0 Å². The van der Waals surface area contributed by atoms with E-state index < -0.39 is 39.4 Å². The van der Waals surface area contributed by atoms with Crippen molar-refractivity contribution in [1.82, 2.24) is 24.2 Å². The summed E-state index contributed by atoms with van der Waals surface area (Å²) < 4.78 is 60.8. The van der Waals surface area contributed by atoms with Gasteiger partial charge < -0.3 is 24.8 Å². The lowest BCUT2D eigenvalue weighted by molar-refractivity contribution is -0.0506. The highest BCUT2D eigenvalue weighted by Crippen LogP contribution is 2.51. The monoisotopic (exact) mass is 680 g/mol. The Morgan fingerprint density at radius 1 is 1.19 bits per heavy atom. The molecule has 1 amide bonds. The summed E-state index contributed by atoms with van der Waals surface area (Å²) in [6.45, 7) is 6.38. The number of piperazine rings is 1. The van der Waals surface area contributed by atoms with Crippen LogP contribution in [0.3, 0.4) is 0 Å². The van der Waals surface area contributed by atoms with Gasteiger partial charge in [0.1, 0.15) is 5.75 Å². The van der Waals surface area contributed by atoms with E-state index in [2.05, 4.69) is 36.4 Å². The molecule has 48 heavy (non-hydrogen) atoms. The molecule has 2 aliphatic rings. The van der Waals surface area contributed by atoms with Gasteiger partial charge in [-0.2, -0.15) is 8.78 Å². The number of ether oxygens (including phenoxy) is 1. The van der Waals surface area contributed by atoms with Crippen LogP contribution in [-0.4, -0.2) is 77.8 Å². The summed E-state index contributed by atoms with van der Waals surface area (Å²) in [7, 11) is -2.01. The Bertz CT molecular complexity index is 2050. The number of likely N-dealkylation sites (N-methyl/N-ethyl adjacent to an activating group) is 1. The molecule has 3 aromatic heterocycles. The van der Waals surface area contributed by atoms with Gasteiger partial charge in [-0.3, -0.25) is 14.6 Å². The summed E-state index contributed by atoms with van der Waals surface area (Å²) >= 11 is 0. The first kappa shape index (κ1) is 33.3. The fourth-order valence-electron chi connectivity index (χ4n) is 6.55. The number of allylic oxidation sites excluding steroid dienone is 1. The van der Waals surface area contributed by atoms with E-state index >= 15 is 0 Å². The molecule has 1 aliphatic carbocycles. The van der Waals surface area contributed by atoms with E-state index in [-0.39, 0.29) is 23.3 Å². The molecule has 0 spiro atoms. The number of hydrogen-bond donors (Lipinski definition) is 2. The van der Waals surface area contributed by atoms with Crippen molar-refractivity contribution in [2.75, 3.05) is 38.1 Å². The second-order valence-corrected chi connectivity index (χ2v) is 14.7. The second kappa shape index (κ2) is 12.8. The molecule has 0 atom stereocenters. The van der Waals surface area contributed by atoms with Crippen LogP contribution < -0.4 is 20.5 Å².